The van der Waals surface area contributed by atoms with Crippen molar-refractivity contribution in [1.82, 2.24) is 4.98 Å². The lowest BCUT2D eigenvalue weighted by Crippen LogP contribution is -2.06. The highest BCUT2D eigenvalue weighted by Gasteiger charge is 2.12. The zero-order chi connectivity index (χ0) is 18.5. The van der Waals surface area contributed by atoms with Crippen molar-refractivity contribution in [3.05, 3.63) is 71.9 Å². The zero-order valence-corrected chi connectivity index (χ0v) is 14.7. The largest absolute Gasteiger partial charge is 0.508 e. The fourth-order valence-electron chi connectivity index (χ4n) is 2.56. The molecule has 134 valence electrons. The fourth-order valence-corrected chi connectivity index (χ4v) is 2.56. The summed E-state index contributed by atoms with van der Waals surface area (Å²) in [6, 6.07) is 17.9. The number of phenolic OH excluding ortho intramolecular Hbond substituents is 1. The van der Waals surface area contributed by atoms with E-state index in [-0.39, 0.29) is 18.5 Å². The molecule has 0 radical (unpaired) electrons. The summed E-state index contributed by atoms with van der Waals surface area (Å²) in [7, 11) is 0. The van der Waals surface area contributed by atoms with E-state index in [2.05, 4.69) is 4.98 Å². The fraction of sp³-hybridized carbons (Fsp3) is 0.190. The number of H-pyrrole nitrogens is 1. The van der Waals surface area contributed by atoms with Gasteiger partial charge in [-0.2, -0.15) is 0 Å². The molecule has 2 N–H and O–H groups in total. The van der Waals surface area contributed by atoms with Crippen LogP contribution in [0.4, 0.5) is 0 Å². The van der Waals surface area contributed by atoms with Gasteiger partial charge in [-0.25, -0.2) is 4.79 Å². The van der Waals surface area contributed by atoms with Crippen LogP contribution in [0.15, 0.2) is 60.7 Å². The maximum absolute atomic E-state index is 12.2. The molecule has 0 saturated carbocycles. The lowest BCUT2D eigenvalue weighted by molar-refractivity contribution is 0.0466. The molecular formula is C21H21NO4. The molecule has 1 aromatic heterocycles. The minimum absolute atomic E-state index is 0.00295. The molecule has 0 aliphatic carbocycles. The second-order valence-electron chi connectivity index (χ2n) is 6.23. The smallest absolute Gasteiger partial charge is 0.355 e. The van der Waals surface area contributed by atoms with Crippen LogP contribution in [-0.2, 0) is 11.3 Å². The van der Waals surface area contributed by atoms with E-state index < -0.39 is 5.97 Å². The van der Waals surface area contributed by atoms with Crippen LogP contribution in [-0.4, -0.2) is 22.2 Å². The van der Waals surface area contributed by atoms with E-state index in [0.29, 0.717) is 17.1 Å². The average Bonchev–Trinajstić information content (AvgIpc) is 3.10. The Kier molecular flexibility index (Phi) is 5.27. The first-order chi connectivity index (χ1) is 12.5. The first-order valence-electron chi connectivity index (χ1n) is 8.42. The van der Waals surface area contributed by atoms with Crippen molar-refractivity contribution in [2.45, 2.75) is 26.6 Å². The molecular weight excluding hydrogens is 330 g/mol. The zero-order valence-electron chi connectivity index (χ0n) is 14.7. The lowest BCUT2D eigenvalue weighted by atomic mass is 10.1. The van der Waals surface area contributed by atoms with Crippen LogP contribution >= 0.6 is 0 Å². The third kappa shape index (κ3) is 4.45. The van der Waals surface area contributed by atoms with Gasteiger partial charge >= 0.3 is 5.97 Å². The number of nitrogens with one attached hydrogen (secondary N) is 1. The molecule has 0 amide bonds. The van der Waals surface area contributed by atoms with Gasteiger partial charge in [-0.05, 0) is 43.7 Å². The average molecular weight is 351 g/mol. The maximum Gasteiger partial charge on any atom is 0.355 e. The first kappa shape index (κ1) is 17.6. The third-order valence-electron chi connectivity index (χ3n) is 3.69. The van der Waals surface area contributed by atoms with Crippen LogP contribution in [0.1, 0.15) is 29.9 Å². The Morgan fingerprint density at radius 1 is 1.08 bits per heavy atom. The Hall–Kier alpha value is -3.21. The Balaban J connectivity index is 1.73. The van der Waals surface area contributed by atoms with E-state index in [9.17, 15) is 9.90 Å². The summed E-state index contributed by atoms with van der Waals surface area (Å²) in [5.41, 5.74) is 2.70. The van der Waals surface area contributed by atoms with E-state index >= 15 is 0 Å². The van der Waals surface area contributed by atoms with Gasteiger partial charge < -0.3 is 19.6 Å². The predicted molar refractivity (Wildman–Crippen MR) is 99.2 cm³/mol. The van der Waals surface area contributed by atoms with Crippen molar-refractivity contribution in [1.29, 1.82) is 0 Å². The monoisotopic (exact) mass is 351 g/mol. The molecule has 0 bridgehead atoms. The van der Waals surface area contributed by atoms with Crippen molar-refractivity contribution in [3.8, 4) is 22.8 Å². The standard InChI is InChI=1S/C21H21NO4/c1-14(2)26-18-11-16(10-17(23)12-18)19-8-9-20(22-19)21(24)25-13-15-6-4-3-5-7-15/h3-12,14,22-23H,13H2,1-2H3. The molecule has 3 rings (SSSR count). The number of carbonyl (C=O) groups is 1. The molecule has 26 heavy (non-hydrogen) atoms. The number of ether oxygens (including phenoxy) is 2. The van der Waals surface area contributed by atoms with Crippen molar-refractivity contribution < 1.29 is 19.4 Å². The SMILES string of the molecule is CC(C)Oc1cc(O)cc(-c2ccc(C(=O)OCc3ccccc3)[nH]2)c1. The van der Waals surface area contributed by atoms with E-state index in [1.165, 1.54) is 0 Å². The number of aromatic hydroxyl groups is 1. The normalized spacial score (nSPS) is 10.7. The van der Waals surface area contributed by atoms with Gasteiger partial charge in [-0.15, -0.1) is 0 Å². The van der Waals surface area contributed by atoms with Gasteiger partial charge in [0, 0.05) is 17.3 Å². The van der Waals surface area contributed by atoms with Gasteiger partial charge in [-0.3, -0.25) is 0 Å². The minimum Gasteiger partial charge on any atom is -0.508 e. The Morgan fingerprint density at radius 3 is 2.58 bits per heavy atom. The summed E-state index contributed by atoms with van der Waals surface area (Å²) in [6.45, 7) is 4.05. The number of rotatable bonds is 6. The molecule has 2 aromatic carbocycles. The minimum atomic E-state index is -0.432. The summed E-state index contributed by atoms with van der Waals surface area (Å²) in [6.07, 6.45) is -0.00295. The van der Waals surface area contributed by atoms with Gasteiger partial charge in [0.25, 0.3) is 0 Å². The molecule has 0 atom stereocenters. The van der Waals surface area contributed by atoms with Gasteiger partial charge in [0.15, 0.2) is 0 Å². The van der Waals surface area contributed by atoms with E-state index in [0.717, 1.165) is 11.1 Å². The van der Waals surface area contributed by atoms with Crippen LogP contribution < -0.4 is 4.74 Å². The lowest BCUT2D eigenvalue weighted by Gasteiger charge is -2.11. The summed E-state index contributed by atoms with van der Waals surface area (Å²) >= 11 is 0. The van der Waals surface area contributed by atoms with Crippen molar-refractivity contribution in [2.24, 2.45) is 0 Å². The molecule has 3 aromatic rings. The van der Waals surface area contributed by atoms with Crippen LogP contribution in [0.25, 0.3) is 11.3 Å². The highest BCUT2D eigenvalue weighted by molar-refractivity contribution is 5.88. The molecule has 0 saturated heterocycles. The number of hydrogen-bond acceptors (Lipinski definition) is 4. The molecule has 0 aliphatic rings. The second-order valence-corrected chi connectivity index (χ2v) is 6.23. The number of benzene rings is 2. The van der Waals surface area contributed by atoms with E-state index in [1.807, 2.05) is 50.2 Å². The van der Waals surface area contributed by atoms with Gasteiger partial charge in [0.1, 0.15) is 23.8 Å². The molecule has 5 heteroatoms. The maximum atomic E-state index is 12.2. The highest BCUT2D eigenvalue weighted by atomic mass is 16.5. The van der Waals surface area contributed by atoms with E-state index in [1.54, 1.807) is 24.3 Å². The van der Waals surface area contributed by atoms with Crippen LogP contribution in [0, 0.1) is 0 Å². The van der Waals surface area contributed by atoms with Crippen LogP contribution in [0.3, 0.4) is 0 Å². The van der Waals surface area contributed by atoms with Crippen molar-refractivity contribution in [3.63, 3.8) is 0 Å². The highest BCUT2D eigenvalue weighted by Crippen LogP contribution is 2.29. The van der Waals surface area contributed by atoms with E-state index in [4.69, 9.17) is 9.47 Å². The summed E-state index contributed by atoms with van der Waals surface area (Å²) < 4.78 is 11.0. The van der Waals surface area contributed by atoms with Gasteiger partial charge in [-0.1, -0.05) is 30.3 Å². The summed E-state index contributed by atoms with van der Waals surface area (Å²) in [4.78, 5) is 15.2. The second kappa shape index (κ2) is 7.78. The summed E-state index contributed by atoms with van der Waals surface area (Å²) in [5.74, 6) is 0.234. The van der Waals surface area contributed by atoms with Gasteiger partial charge in [0.05, 0.1) is 6.10 Å². The number of hydrogen-bond donors (Lipinski definition) is 2. The third-order valence-corrected chi connectivity index (χ3v) is 3.69. The molecule has 1 heterocycles. The molecule has 5 nitrogen and oxygen atoms in total. The van der Waals surface area contributed by atoms with Crippen LogP contribution in [0.5, 0.6) is 11.5 Å². The van der Waals surface area contributed by atoms with Crippen molar-refractivity contribution in [2.75, 3.05) is 0 Å². The quantitative estimate of drug-likeness (QED) is 0.640. The number of aromatic amines is 1. The number of carbonyl (C=O) groups excluding carboxylic acids is 1. The summed E-state index contributed by atoms with van der Waals surface area (Å²) in [5, 5.41) is 9.91. The molecule has 0 spiro atoms. The Morgan fingerprint density at radius 2 is 1.85 bits per heavy atom. The molecule has 0 fully saturated rings. The van der Waals surface area contributed by atoms with Gasteiger partial charge in [0.2, 0.25) is 0 Å². The Labute approximate surface area is 152 Å². The predicted octanol–water partition coefficient (Wildman–Crippen LogP) is 4.53. The molecule has 0 unspecified atom stereocenters. The Bertz CT molecular complexity index is 884. The molecule has 0 aliphatic heterocycles. The number of esters is 1. The first-order valence-corrected chi connectivity index (χ1v) is 8.42. The topological polar surface area (TPSA) is 71.6 Å². The number of aromatic nitrogens is 1. The van der Waals surface area contributed by atoms with Crippen LogP contribution in [0.2, 0.25) is 0 Å². The van der Waals surface area contributed by atoms with Crippen molar-refractivity contribution >= 4 is 5.97 Å². The number of phenols is 1.